The van der Waals surface area contributed by atoms with Crippen molar-refractivity contribution in [3.8, 4) is 33.4 Å². The fraction of sp³-hybridized carbons (Fsp3) is 0.0476. The Labute approximate surface area is 376 Å². The van der Waals surface area contributed by atoms with Crippen molar-refractivity contribution in [3.05, 3.63) is 282 Å². The highest BCUT2D eigenvalue weighted by Gasteiger charge is 2.46. The van der Waals surface area contributed by atoms with E-state index >= 15 is 0 Å². The summed E-state index contributed by atoms with van der Waals surface area (Å²) in [6.07, 6.45) is 9.83. The normalized spacial score (nSPS) is 15.1. The number of fused-ring (bicyclic) bond motifs is 10. The molecule has 9 aromatic carbocycles. The van der Waals surface area contributed by atoms with Crippen molar-refractivity contribution in [2.24, 2.45) is 0 Å². The monoisotopic (exact) mass is 815 g/mol. The SMILES string of the molecule is C=Cc1c(-c2ccccc2N(C2=CCC3C(=C2)c2ccccc2-c2ccccc23)c2ccc3c(c2)C(c2ccccc2)(c2ccccc2)c2ccccc2-3)cc2ccccc2c1C=C. The summed E-state index contributed by atoms with van der Waals surface area (Å²) >= 11 is 0. The van der Waals surface area contributed by atoms with E-state index in [0.717, 1.165) is 45.7 Å². The van der Waals surface area contributed by atoms with Gasteiger partial charge in [-0.1, -0.05) is 213 Å². The third-order valence-electron chi connectivity index (χ3n) is 14.0. The zero-order valence-electron chi connectivity index (χ0n) is 35.6. The van der Waals surface area contributed by atoms with Crippen LogP contribution in [0.1, 0.15) is 56.8 Å². The van der Waals surface area contributed by atoms with E-state index in [4.69, 9.17) is 0 Å². The maximum absolute atomic E-state index is 4.39. The first-order valence-corrected chi connectivity index (χ1v) is 22.3. The fourth-order valence-electron chi connectivity index (χ4n) is 11.4. The van der Waals surface area contributed by atoms with Gasteiger partial charge in [0.05, 0.1) is 11.1 Å². The predicted molar refractivity (Wildman–Crippen MR) is 271 cm³/mol. The maximum Gasteiger partial charge on any atom is 0.0714 e. The molecule has 0 N–H and O–H groups in total. The molecule has 0 aliphatic heterocycles. The number of para-hydroxylation sites is 1. The number of rotatable bonds is 8. The number of benzene rings is 9. The molecule has 0 aromatic heterocycles. The van der Waals surface area contributed by atoms with Crippen LogP contribution in [0.2, 0.25) is 0 Å². The van der Waals surface area contributed by atoms with E-state index in [0.29, 0.717) is 0 Å². The van der Waals surface area contributed by atoms with Gasteiger partial charge in [0.25, 0.3) is 0 Å². The Kier molecular flexibility index (Phi) is 8.91. The van der Waals surface area contributed by atoms with Crippen molar-refractivity contribution in [2.45, 2.75) is 17.8 Å². The molecule has 0 saturated heterocycles. The average Bonchev–Trinajstić information content (AvgIpc) is 3.67. The Morgan fingerprint density at radius 1 is 0.469 bits per heavy atom. The van der Waals surface area contributed by atoms with Crippen molar-refractivity contribution >= 4 is 39.9 Å². The number of allylic oxidation sites excluding steroid dienone is 3. The molecule has 1 nitrogen and oxygen atoms in total. The molecule has 0 saturated carbocycles. The van der Waals surface area contributed by atoms with Crippen LogP contribution in [0.4, 0.5) is 11.4 Å². The Bertz CT molecular complexity index is 3360. The molecular weight excluding hydrogens is 771 g/mol. The third-order valence-corrected chi connectivity index (χ3v) is 14.0. The van der Waals surface area contributed by atoms with Gasteiger partial charge in [0.1, 0.15) is 0 Å². The molecule has 1 heteroatoms. The van der Waals surface area contributed by atoms with Crippen LogP contribution < -0.4 is 4.90 Å². The summed E-state index contributed by atoms with van der Waals surface area (Å²) in [6.45, 7) is 8.70. The minimum Gasteiger partial charge on any atom is -0.310 e. The topological polar surface area (TPSA) is 3.24 Å². The van der Waals surface area contributed by atoms with Gasteiger partial charge in [-0.15, -0.1) is 0 Å². The van der Waals surface area contributed by atoms with E-state index in [2.05, 4.69) is 236 Å². The molecule has 302 valence electrons. The van der Waals surface area contributed by atoms with E-state index in [1.165, 1.54) is 72.0 Å². The molecule has 0 spiro atoms. The summed E-state index contributed by atoms with van der Waals surface area (Å²) < 4.78 is 0. The standard InChI is InChI=1S/C63H45N/c1-3-47-48(4-2)58(39-42-21-11-12-26-49(42)47)57-32-18-20-34-62(57)64(45-35-37-54-52-29-14-13-27-50(52)51-28-15-16-30-53(51)59(54)40-45)46-36-38-56-55-31-17-19-33-60(55)63(61(56)41-46,43-22-7-5-8-23-43)44-24-9-6-10-25-44/h3-36,38-41,54H,1-2,37H2. The maximum atomic E-state index is 4.39. The van der Waals surface area contributed by atoms with Gasteiger partial charge in [-0.05, 0) is 125 Å². The van der Waals surface area contributed by atoms with Gasteiger partial charge in [-0.3, -0.25) is 0 Å². The van der Waals surface area contributed by atoms with Gasteiger partial charge in [-0.25, -0.2) is 0 Å². The van der Waals surface area contributed by atoms with Gasteiger partial charge in [0, 0.05) is 22.9 Å². The van der Waals surface area contributed by atoms with E-state index in [1.54, 1.807) is 0 Å². The van der Waals surface area contributed by atoms with Crippen LogP contribution in [-0.4, -0.2) is 0 Å². The van der Waals surface area contributed by atoms with Crippen LogP contribution in [0, 0.1) is 0 Å². The summed E-state index contributed by atoms with van der Waals surface area (Å²) in [4.78, 5) is 2.53. The molecule has 0 heterocycles. The van der Waals surface area contributed by atoms with Crippen molar-refractivity contribution < 1.29 is 0 Å². The van der Waals surface area contributed by atoms with Crippen molar-refractivity contribution in [1.82, 2.24) is 0 Å². The molecule has 12 rings (SSSR count). The molecule has 9 aromatic rings. The molecule has 0 amide bonds. The average molecular weight is 816 g/mol. The van der Waals surface area contributed by atoms with E-state index in [1.807, 2.05) is 12.2 Å². The molecule has 1 atom stereocenters. The van der Waals surface area contributed by atoms with Crippen LogP contribution in [0.15, 0.2) is 237 Å². The van der Waals surface area contributed by atoms with Crippen molar-refractivity contribution in [1.29, 1.82) is 0 Å². The van der Waals surface area contributed by atoms with Crippen LogP contribution in [0.25, 0.3) is 61.9 Å². The zero-order valence-corrected chi connectivity index (χ0v) is 35.6. The summed E-state index contributed by atoms with van der Waals surface area (Å²) in [6, 6.07) is 76.2. The molecule has 1 unspecified atom stereocenters. The largest absolute Gasteiger partial charge is 0.310 e. The summed E-state index contributed by atoms with van der Waals surface area (Å²) in [5, 5.41) is 2.34. The lowest BCUT2D eigenvalue weighted by Crippen LogP contribution is -2.29. The lowest BCUT2D eigenvalue weighted by Gasteiger charge is -2.37. The highest BCUT2D eigenvalue weighted by Crippen LogP contribution is 2.58. The second kappa shape index (κ2) is 15.1. The van der Waals surface area contributed by atoms with Gasteiger partial charge in [0.2, 0.25) is 0 Å². The summed E-state index contributed by atoms with van der Waals surface area (Å²) in [5.74, 6) is 0.258. The first kappa shape index (κ1) is 37.7. The molecule has 3 aliphatic rings. The van der Waals surface area contributed by atoms with Crippen molar-refractivity contribution in [2.75, 3.05) is 4.90 Å². The van der Waals surface area contributed by atoms with Crippen LogP contribution in [-0.2, 0) is 5.41 Å². The predicted octanol–water partition coefficient (Wildman–Crippen LogP) is 16.4. The first-order chi connectivity index (χ1) is 31.7. The highest BCUT2D eigenvalue weighted by molar-refractivity contribution is 6.02. The van der Waals surface area contributed by atoms with Crippen LogP contribution in [0.5, 0.6) is 0 Å². The zero-order chi connectivity index (χ0) is 42.8. The Morgan fingerprint density at radius 2 is 1.06 bits per heavy atom. The highest BCUT2D eigenvalue weighted by atomic mass is 15.2. The Hall–Kier alpha value is -8.00. The number of hydrogen-bond donors (Lipinski definition) is 0. The molecule has 3 aliphatic carbocycles. The second-order valence-corrected chi connectivity index (χ2v) is 17.1. The smallest absolute Gasteiger partial charge is 0.0714 e. The minimum atomic E-state index is -0.542. The Balaban J connectivity index is 1.14. The van der Waals surface area contributed by atoms with Crippen LogP contribution >= 0.6 is 0 Å². The third kappa shape index (κ3) is 5.57. The van der Waals surface area contributed by atoms with E-state index in [9.17, 15) is 0 Å². The van der Waals surface area contributed by atoms with Gasteiger partial charge < -0.3 is 4.90 Å². The number of anilines is 2. The molecule has 64 heavy (non-hydrogen) atoms. The lowest BCUT2D eigenvalue weighted by molar-refractivity contribution is 0.768. The fourth-order valence-corrected chi connectivity index (χ4v) is 11.4. The van der Waals surface area contributed by atoms with Gasteiger partial charge in [0.15, 0.2) is 0 Å². The second-order valence-electron chi connectivity index (χ2n) is 17.1. The molecular formula is C63H45N. The van der Waals surface area contributed by atoms with Crippen molar-refractivity contribution in [3.63, 3.8) is 0 Å². The quantitative estimate of drug-likeness (QED) is 0.148. The minimum absolute atomic E-state index is 0.258. The first-order valence-electron chi connectivity index (χ1n) is 22.3. The van der Waals surface area contributed by atoms with Crippen LogP contribution in [0.3, 0.4) is 0 Å². The van der Waals surface area contributed by atoms with Gasteiger partial charge in [-0.2, -0.15) is 0 Å². The summed E-state index contributed by atoms with van der Waals surface area (Å²) in [5.41, 5.74) is 21.5. The summed E-state index contributed by atoms with van der Waals surface area (Å²) in [7, 11) is 0. The number of hydrogen-bond acceptors (Lipinski definition) is 1. The van der Waals surface area contributed by atoms with E-state index in [-0.39, 0.29) is 5.92 Å². The molecule has 0 radical (unpaired) electrons. The number of nitrogens with zero attached hydrogens (tertiary/aromatic N) is 1. The Morgan fingerprint density at radius 3 is 1.81 bits per heavy atom. The van der Waals surface area contributed by atoms with E-state index < -0.39 is 5.41 Å². The molecule has 0 bridgehead atoms. The molecule has 0 fully saturated rings. The van der Waals surface area contributed by atoms with Gasteiger partial charge >= 0.3 is 0 Å². The lowest BCUT2D eigenvalue weighted by atomic mass is 9.67.